The molecule has 7 heteroatoms. The number of hydrogen-bond donors (Lipinski definition) is 1. The summed E-state index contributed by atoms with van der Waals surface area (Å²) in [4.78, 5) is 0. The molecular formula is C9H16BrN3O2S. The highest BCUT2D eigenvalue weighted by Gasteiger charge is 2.21. The van der Waals surface area contributed by atoms with Gasteiger partial charge in [-0.2, -0.15) is 9.40 Å². The number of rotatable bonds is 7. The molecule has 0 aliphatic rings. The topological polar surface area (TPSA) is 66.1 Å². The maximum atomic E-state index is 11.9. The molecule has 1 aromatic rings. The minimum Gasteiger partial charge on any atom is -0.266 e. The third-order valence-corrected chi connectivity index (χ3v) is 4.62. The maximum Gasteiger partial charge on any atom is 0.259 e. The summed E-state index contributed by atoms with van der Waals surface area (Å²) in [6.07, 6.45) is 4.40. The highest BCUT2D eigenvalue weighted by Crippen LogP contribution is 2.11. The minimum atomic E-state index is -3.38. The van der Waals surface area contributed by atoms with Crippen molar-refractivity contribution in [1.82, 2.24) is 14.5 Å². The highest BCUT2D eigenvalue weighted by atomic mass is 79.9. The zero-order chi connectivity index (χ0) is 12.0. The van der Waals surface area contributed by atoms with Gasteiger partial charge in [-0.25, -0.2) is 8.42 Å². The van der Waals surface area contributed by atoms with Crippen LogP contribution in [0.4, 0.5) is 0 Å². The molecule has 0 aliphatic heterocycles. The van der Waals surface area contributed by atoms with Crippen molar-refractivity contribution in [3.63, 3.8) is 0 Å². The zero-order valence-corrected chi connectivity index (χ0v) is 11.6. The predicted molar refractivity (Wildman–Crippen MR) is 66.0 cm³/mol. The second-order valence-electron chi connectivity index (χ2n) is 3.50. The van der Waals surface area contributed by atoms with Crippen molar-refractivity contribution in [2.75, 3.05) is 18.9 Å². The molecule has 0 atom stereocenters. The smallest absolute Gasteiger partial charge is 0.259 e. The first kappa shape index (κ1) is 13.7. The van der Waals surface area contributed by atoms with Crippen molar-refractivity contribution >= 4 is 26.0 Å². The molecule has 0 unspecified atom stereocenters. The van der Waals surface area contributed by atoms with E-state index in [1.54, 1.807) is 7.05 Å². The van der Waals surface area contributed by atoms with Gasteiger partial charge in [-0.05, 0) is 18.9 Å². The molecule has 0 amide bonds. The largest absolute Gasteiger partial charge is 0.266 e. The standard InChI is InChI=1S/C9H16BrN3O2S/c1-13(8-4-2-3-6-10)16(14,15)9-5-7-11-12-9/h5,7H,2-4,6,8H2,1H3,(H,11,12). The Labute approximate surface area is 104 Å². The average molecular weight is 310 g/mol. The lowest BCUT2D eigenvalue weighted by Gasteiger charge is -2.15. The fraction of sp³-hybridized carbons (Fsp3) is 0.667. The van der Waals surface area contributed by atoms with Crippen LogP contribution in [0.2, 0.25) is 0 Å². The number of sulfonamides is 1. The van der Waals surface area contributed by atoms with E-state index in [2.05, 4.69) is 26.1 Å². The molecule has 1 aromatic heterocycles. The van der Waals surface area contributed by atoms with E-state index in [0.29, 0.717) is 6.54 Å². The van der Waals surface area contributed by atoms with Crippen molar-refractivity contribution in [2.24, 2.45) is 0 Å². The minimum absolute atomic E-state index is 0.149. The Hall–Kier alpha value is -0.400. The van der Waals surface area contributed by atoms with Gasteiger partial charge in [0.05, 0.1) is 6.20 Å². The molecule has 1 N–H and O–H groups in total. The van der Waals surface area contributed by atoms with Crippen molar-refractivity contribution in [3.8, 4) is 0 Å². The van der Waals surface area contributed by atoms with Crippen LogP contribution in [0, 0.1) is 0 Å². The number of hydrogen-bond acceptors (Lipinski definition) is 3. The summed E-state index contributed by atoms with van der Waals surface area (Å²) in [7, 11) is -1.79. The van der Waals surface area contributed by atoms with Gasteiger partial charge in [-0.1, -0.05) is 22.4 Å². The van der Waals surface area contributed by atoms with Crippen LogP contribution in [-0.4, -0.2) is 41.8 Å². The summed E-state index contributed by atoms with van der Waals surface area (Å²) >= 11 is 3.34. The summed E-state index contributed by atoms with van der Waals surface area (Å²) in [6.45, 7) is 0.536. The molecule has 1 heterocycles. The Morgan fingerprint density at radius 1 is 1.44 bits per heavy atom. The number of H-pyrrole nitrogens is 1. The van der Waals surface area contributed by atoms with Gasteiger partial charge in [-0.15, -0.1) is 0 Å². The van der Waals surface area contributed by atoms with Gasteiger partial charge >= 0.3 is 0 Å². The van der Waals surface area contributed by atoms with Gasteiger partial charge in [-0.3, -0.25) is 5.10 Å². The summed E-state index contributed by atoms with van der Waals surface area (Å²) in [6, 6.07) is 1.46. The summed E-state index contributed by atoms with van der Waals surface area (Å²) in [5.41, 5.74) is 0. The molecule has 0 saturated carbocycles. The van der Waals surface area contributed by atoms with Crippen molar-refractivity contribution in [1.29, 1.82) is 0 Å². The molecule has 0 bridgehead atoms. The quantitative estimate of drug-likeness (QED) is 0.614. The lowest BCUT2D eigenvalue weighted by Crippen LogP contribution is -2.28. The zero-order valence-electron chi connectivity index (χ0n) is 9.19. The number of aromatic nitrogens is 2. The van der Waals surface area contributed by atoms with Gasteiger partial charge in [0.15, 0.2) is 5.03 Å². The van der Waals surface area contributed by atoms with Crippen LogP contribution in [0.5, 0.6) is 0 Å². The van der Waals surface area contributed by atoms with Crippen LogP contribution in [0.3, 0.4) is 0 Å². The molecule has 1 rings (SSSR count). The Kier molecular flexibility index (Phi) is 5.43. The maximum absolute atomic E-state index is 11.9. The number of nitrogens with zero attached hydrogens (tertiary/aromatic N) is 2. The molecule has 0 fully saturated rings. The van der Waals surface area contributed by atoms with Gasteiger partial charge in [0.1, 0.15) is 0 Å². The molecule has 0 spiro atoms. The van der Waals surface area contributed by atoms with E-state index in [4.69, 9.17) is 0 Å². The summed E-state index contributed by atoms with van der Waals surface area (Å²) in [5.74, 6) is 0. The van der Waals surface area contributed by atoms with Gasteiger partial charge in [0.25, 0.3) is 10.0 Å². The van der Waals surface area contributed by atoms with Crippen LogP contribution < -0.4 is 0 Å². The lowest BCUT2D eigenvalue weighted by atomic mass is 10.2. The highest BCUT2D eigenvalue weighted by molar-refractivity contribution is 9.09. The van der Waals surface area contributed by atoms with Crippen LogP contribution in [0.25, 0.3) is 0 Å². The number of unbranched alkanes of at least 4 members (excludes halogenated alkanes) is 2. The second kappa shape index (κ2) is 6.36. The van der Waals surface area contributed by atoms with Gasteiger partial charge in [0.2, 0.25) is 0 Å². The van der Waals surface area contributed by atoms with Crippen molar-refractivity contribution < 1.29 is 8.42 Å². The number of aromatic amines is 1. The van der Waals surface area contributed by atoms with E-state index in [9.17, 15) is 8.42 Å². The molecule has 0 radical (unpaired) electrons. The SMILES string of the molecule is CN(CCCCCBr)S(=O)(=O)c1ccn[nH]1. The Morgan fingerprint density at radius 3 is 2.75 bits per heavy atom. The Bertz CT molecular complexity index is 391. The van der Waals surface area contributed by atoms with E-state index in [-0.39, 0.29) is 5.03 Å². The summed E-state index contributed by atoms with van der Waals surface area (Å²) in [5, 5.41) is 7.23. The number of halogens is 1. The fourth-order valence-electron chi connectivity index (χ4n) is 1.28. The molecular weight excluding hydrogens is 294 g/mol. The first-order valence-electron chi connectivity index (χ1n) is 5.10. The van der Waals surface area contributed by atoms with E-state index < -0.39 is 10.0 Å². The van der Waals surface area contributed by atoms with Crippen LogP contribution >= 0.6 is 15.9 Å². The predicted octanol–water partition coefficient (Wildman–Crippen LogP) is 1.60. The molecule has 0 aromatic carbocycles. The first-order chi connectivity index (χ1) is 7.59. The van der Waals surface area contributed by atoms with E-state index in [1.165, 1.54) is 16.6 Å². The van der Waals surface area contributed by atoms with E-state index >= 15 is 0 Å². The average Bonchev–Trinajstić information content (AvgIpc) is 2.77. The number of nitrogens with one attached hydrogen (secondary N) is 1. The molecule has 16 heavy (non-hydrogen) atoms. The van der Waals surface area contributed by atoms with Crippen LogP contribution in [0.1, 0.15) is 19.3 Å². The lowest BCUT2D eigenvalue weighted by molar-refractivity contribution is 0.452. The Balaban J connectivity index is 2.50. The van der Waals surface area contributed by atoms with Crippen LogP contribution in [-0.2, 0) is 10.0 Å². The third-order valence-electron chi connectivity index (χ3n) is 2.27. The summed E-state index contributed by atoms with van der Waals surface area (Å²) < 4.78 is 25.2. The van der Waals surface area contributed by atoms with Crippen LogP contribution in [0.15, 0.2) is 17.3 Å². The molecule has 0 saturated heterocycles. The molecule has 5 nitrogen and oxygen atoms in total. The second-order valence-corrected chi connectivity index (χ2v) is 6.30. The van der Waals surface area contributed by atoms with Crippen molar-refractivity contribution in [2.45, 2.75) is 24.3 Å². The fourth-order valence-corrected chi connectivity index (χ4v) is 2.78. The normalized spacial score (nSPS) is 12.2. The Morgan fingerprint density at radius 2 is 2.19 bits per heavy atom. The van der Waals surface area contributed by atoms with E-state index in [0.717, 1.165) is 24.6 Å². The van der Waals surface area contributed by atoms with Crippen molar-refractivity contribution in [3.05, 3.63) is 12.3 Å². The first-order valence-corrected chi connectivity index (χ1v) is 7.67. The monoisotopic (exact) mass is 309 g/mol. The van der Waals surface area contributed by atoms with Gasteiger partial charge < -0.3 is 0 Å². The molecule has 0 aliphatic carbocycles. The van der Waals surface area contributed by atoms with E-state index in [1.807, 2.05) is 0 Å². The van der Waals surface area contributed by atoms with Gasteiger partial charge in [0, 0.05) is 18.9 Å². The molecule has 92 valence electrons. The third kappa shape index (κ3) is 3.57. The number of alkyl halides is 1.